The highest BCUT2D eigenvalue weighted by Gasteiger charge is 2.18. The van der Waals surface area contributed by atoms with Gasteiger partial charge in [-0.05, 0) is 18.2 Å². The van der Waals surface area contributed by atoms with Gasteiger partial charge < -0.3 is 4.98 Å². The fraction of sp³-hybridized carbons (Fsp3) is 0.150. The van der Waals surface area contributed by atoms with E-state index in [1.54, 1.807) is 12.1 Å². The zero-order chi connectivity index (χ0) is 22.2. The van der Waals surface area contributed by atoms with Crippen molar-refractivity contribution in [3.8, 4) is 11.1 Å². The van der Waals surface area contributed by atoms with Crippen LogP contribution in [0.4, 0.5) is 0 Å². The Balaban J connectivity index is 1.57. The Labute approximate surface area is 192 Å². The number of benzene rings is 1. The minimum atomic E-state index is -3.52. The SMILES string of the molecule is CN(C)S(=O)(=O)c1ccc(SCc2nc3scc(-c4ccccc4Cl)c3c(=O)[nH]2)nc1. The van der Waals surface area contributed by atoms with Gasteiger partial charge in [-0.1, -0.05) is 41.6 Å². The van der Waals surface area contributed by atoms with Crippen LogP contribution in [-0.2, 0) is 15.8 Å². The molecule has 0 fully saturated rings. The molecule has 4 aromatic rings. The first-order chi connectivity index (χ1) is 14.8. The predicted octanol–water partition coefficient (Wildman–Crippen LogP) is 4.24. The molecule has 1 aromatic carbocycles. The van der Waals surface area contributed by atoms with Crippen LogP contribution in [0.1, 0.15) is 5.82 Å². The minimum absolute atomic E-state index is 0.125. The van der Waals surface area contributed by atoms with Crippen LogP contribution in [0.15, 0.2) is 62.7 Å². The molecule has 31 heavy (non-hydrogen) atoms. The molecule has 0 aliphatic heterocycles. The number of sulfonamides is 1. The number of hydrogen-bond donors (Lipinski definition) is 1. The molecule has 0 unspecified atom stereocenters. The van der Waals surface area contributed by atoms with E-state index in [4.69, 9.17) is 11.6 Å². The van der Waals surface area contributed by atoms with Crippen LogP contribution in [0, 0.1) is 0 Å². The van der Waals surface area contributed by atoms with E-state index in [1.807, 2.05) is 23.6 Å². The summed E-state index contributed by atoms with van der Waals surface area (Å²) in [6, 6.07) is 10.5. The number of thioether (sulfide) groups is 1. The summed E-state index contributed by atoms with van der Waals surface area (Å²) in [5, 5.41) is 3.61. The maximum atomic E-state index is 12.8. The molecule has 0 saturated heterocycles. The number of nitrogens with zero attached hydrogens (tertiary/aromatic N) is 3. The molecule has 0 bridgehead atoms. The number of hydrogen-bond acceptors (Lipinski definition) is 7. The van der Waals surface area contributed by atoms with Crippen LogP contribution in [0.2, 0.25) is 5.02 Å². The molecule has 0 aliphatic rings. The molecular formula is C20H17ClN4O3S3. The molecule has 11 heteroatoms. The molecule has 0 amide bonds. The first-order valence-corrected chi connectivity index (χ1v) is 12.7. The van der Waals surface area contributed by atoms with Gasteiger partial charge in [0.2, 0.25) is 10.0 Å². The first kappa shape index (κ1) is 22.0. The Morgan fingerprint density at radius 2 is 1.94 bits per heavy atom. The zero-order valence-corrected chi connectivity index (χ0v) is 19.7. The molecule has 3 aromatic heterocycles. The van der Waals surface area contributed by atoms with Crippen molar-refractivity contribution in [2.45, 2.75) is 15.7 Å². The Morgan fingerprint density at radius 1 is 1.16 bits per heavy atom. The lowest BCUT2D eigenvalue weighted by molar-refractivity contribution is 0.520. The Hall–Kier alpha value is -2.24. The van der Waals surface area contributed by atoms with Gasteiger partial charge in [-0.15, -0.1) is 11.3 Å². The second-order valence-electron chi connectivity index (χ2n) is 6.73. The third-order valence-electron chi connectivity index (χ3n) is 4.50. The summed E-state index contributed by atoms with van der Waals surface area (Å²) in [6.07, 6.45) is 1.33. The normalized spacial score (nSPS) is 12.0. The molecule has 0 aliphatic carbocycles. The highest BCUT2D eigenvalue weighted by atomic mass is 35.5. The Morgan fingerprint density at radius 3 is 2.61 bits per heavy atom. The van der Waals surface area contributed by atoms with Crippen LogP contribution >= 0.6 is 34.7 Å². The van der Waals surface area contributed by atoms with Gasteiger partial charge in [-0.25, -0.2) is 22.7 Å². The van der Waals surface area contributed by atoms with Crippen molar-refractivity contribution in [3.63, 3.8) is 0 Å². The first-order valence-electron chi connectivity index (χ1n) is 9.04. The molecule has 160 valence electrons. The highest BCUT2D eigenvalue weighted by molar-refractivity contribution is 7.98. The van der Waals surface area contributed by atoms with Gasteiger partial charge in [0, 0.05) is 41.8 Å². The number of H-pyrrole nitrogens is 1. The Bertz CT molecular complexity index is 1410. The van der Waals surface area contributed by atoms with Gasteiger partial charge in [0.15, 0.2) is 0 Å². The van der Waals surface area contributed by atoms with E-state index >= 15 is 0 Å². The van der Waals surface area contributed by atoms with Crippen molar-refractivity contribution in [3.05, 3.63) is 69.2 Å². The van der Waals surface area contributed by atoms with Crippen LogP contribution in [-0.4, -0.2) is 41.8 Å². The summed E-state index contributed by atoms with van der Waals surface area (Å²) in [4.78, 5) is 25.1. The molecule has 7 nitrogen and oxygen atoms in total. The van der Waals surface area contributed by atoms with Gasteiger partial charge in [-0.2, -0.15) is 0 Å². The summed E-state index contributed by atoms with van der Waals surface area (Å²) in [5.74, 6) is 0.902. The van der Waals surface area contributed by atoms with E-state index < -0.39 is 10.0 Å². The van der Waals surface area contributed by atoms with Gasteiger partial charge >= 0.3 is 0 Å². The second kappa shape index (κ2) is 8.71. The van der Waals surface area contributed by atoms with E-state index in [9.17, 15) is 13.2 Å². The summed E-state index contributed by atoms with van der Waals surface area (Å²) in [7, 11) is -0.580. The Kier molecular flexibility index (Phi) is 6.18. The largest absolute Gasteiger partial charge is 0.309 e. The predicted molar refractivity (Wildman–Crippen MR) is 125 cm³/mol. The summed E-state index contributed by atoms with van der Waals surface area (Å²) >= 11 is 9.04. The van der Waals surface area contributed by atoms with Gasteiger partial charge in [0.05, 0.1) is 16.2 Å². The number of nitrogens with one attached hydrogen (secondary N) is 1. The molecule has 4 rings (SSSR count). The van der Waals surface area contributed by atoms with Gasteiger partial charge in [0.1, 0.15) is 15.6 Å². The fourth-order valence-electron chi connectivity index (χ4n) is 2.90. The lowest BCUT2D eigenvalue weighted by atomic mass is 10.1. The number of aromatic amines is 1. The lowest BCUT2D eigenvalue weighted by Crippen LogP contribution is -2.22. The maximum absolute atomic E-state index is 12.8. The molecule has 0 saturated carbocycles. The third-order valence-corrected chi connectivity index (χ3v) is 8.46. The highest BCUT2D eigenvalue weighted by Crippen LogP contribution is 2.35. The van der Waals surface area contributed by atoms with E-state index in [2.05, 4.69) is 15.0 Å². The fourth-order valence-corrected chi connectivity index (χ4v) is 5.65. The number of halogens is 1. The topological polar surface area (TPSA) is 96.0 Å². The van der Waals surface area contributed by atoms with Crippen molar-refractivity contribution < 1.29 is 8.42 Å². The van der Waals surface area contributed by atoms with E-state index in [1.165, 1.54) is 49.5 Å². The van der Waals surface area contributed by atoms with Crippen molar-refractivity contribution in [2.24, 2.45) is 0 Å². The molecule has 3 heterocycles. The number of rotatable bonds is 6. The standard InChI is InChI=1S/C20H17ClN4O3S3/c1-25(2)31(27,28)12-7-8-17(22-9-12)29-11-16-23-19(26)18-14(10-30-20(18)24-16)13-5-3-4-6-15(13)21/h3-10H,11H2,1-2H3,(H,23,24,26). The smallest absolute Gasteiger partial charge is 0.260 e. The molecule has 0 atom stereocenters. The molecular weight excluding hydrogens is 476 g/mol. The lowest BCUT2D eigenvalue weighted by Gasteiger charge is -2.11. The number of thiophene rings is 1. The van der Waals surface area contributed by atoms with E-state index in [-0.39, 0.29) is 10.5 Å². The monoisotopic (exact) mass is 492 g/mol. The number of fused-ring (bicyclic) bond motifs is 1. The van der Waals surface area contributed by atoms with Crippen LogP contribution in [0.25, 0.3) is 21.3 Å². The summed E-state index contributed by atoms with van der Waals surface area (Å²) in [5.41, 5.74) is 1.33. The zero-order valence-electron chi connectivity index (χ0n) is 16.5. The van der Waals surface area contributed by atoms with Crippen LogP contribution in [0.3, 0.4) is 0 Å². The van der Waals surface area contributed by atoms with Crippen molar-refractivity contribution in [1.29, 1.82) is 0 Å². The van der Waals surface area contributed by atoms with Crippen molar-refractivity contribution in [2.75, 3.05) is 14.1 Å². The minimum Gasteiger partial charge on any atom is -0.309 e. The third kappa shape index (κ3) is 4.39. The molecule has 0 radical (unpaired) electrons. The molecule has 1 N–H and O–H groups in total. The summed E-state index contributed by atoms with van der Waals surface area (Å²) < 4.78 is 25.4. The average molecular weight is 493 g/mol. The summed E-state index contributed by atoms with van der Waals surface area (Å²) in [6.45, 7) is 0. The quantitative estimate of drug-likeness (QED) is 0.404. The maximum Gasteiger partial charge on any atom is 0.260 e. The van der Waals surface area contributed by atoms with E-state index in [0.29, 0.717) is 31.8 Å². The number of aromatic nitrogens is 3. The molecule has 0 spiro atoms. The number of pyridine rings is 1. The average Bonchev–Trinajstić information content (AvgIpc) is 3.17. The van der Waals surface area contributed by atoms with Crippen LogP contribution in [0.5, 0.6) is 0 Å². The van der Waals surface area contributed by atoms with Gasteiger partial charge in [-0.3, -0.25) is 4.79 Å². The van der Waals surface area contributed by atoms with Crippen molar-refractivity contribution >= 4 is 54.9 Å². The van der Waals surface area contributed by atoms with Gasteiger partial charge in [0.25, 0.3) is 5.56 Å². The van der Waals surface area contributed by atoms with Crippen LogP contribution < -0.4 is 5.56 Å². The van der Waals surface area contributed by atoms with Crippen molar-refractivity contribution in [1.82, 2.24) is 19.3 Å². The second-order valence-corrected chi connectivity index (χ2v) is 11.1. The van der Waals surface area contributed by atoms with E-state index in [0.717, 1.165) is 15.4 Å².